The maximum atomic E-state index is 14.1. The van der Waals surface area contributed by atoms with Crippen LogP contribution in [0, 0.1) is 0 Å². The molecule has 1 aromatic rings. The minimum absolute atomic E-state index is 0.0880. The Balaban J connectivity index is 0.00000142. The second-order valence-electron chi connectivity index (χ2n) is 9.38. The van der Waals surface area contributed by atoms with Gasteiger partial charge in [-0.3, -0.25) is 4.99 Å². The van der Waals surface area contributed by atoms with Crippen LogP contribution in [0.5, 0.6) is 0 Å². The number of hydrogen-bond acceptors (Lipinski definition) is 9. The molecule has 0 spiro atoms. The summed E-state index contributed by atoms with van der Waals surface area (Å²) in [6.45, 7) is 7.63. The van der Waals surface area contributed by atoms with Crippen LogP contribution < -0.4 is 38.1 Å². The molecule has 9 N–H and O–H groups in total. The molecule has 39 heavy (non-hydrogen) atoms. The van der Waals surface area contributed by atoms with Gasteiger partial charge in [-0.15, -0.1) is 0 Å². The molecule has 9 nitrogen and oxygen atoms in total. The first-order valence-corrected chi connectivity index (χ1v) is 13.5. The molecule has 1 atom stereocenters. The highest BCUT2D eigenvalue weighted by atomic mass is 19.3. The Morgan fingerprint density at radius 2 is 1.87 bits per heavy atom. The maximum Gasteiger partial charge on any atom is 0.264 e. The predicted molar refractivity (Wildman–Crippen MR) is 159 cm³/mol. The van der Waals surface area contributed by atoms with Gasteiger partial charge in [0, 0.05) is 61.1 Å². The van der Waals surface area contributed by atoms with Crippen molar-refractivity contribution in [1.82, 2.24) is 21.3 Å². The van der Waals surface area contributed by atoms with Crippen molar-refractivity contribution in [2.45, 2.75) is 57.7 Å². The van der Waals surface area contributed by atoms with Crippen molar-refractivity contribution in [2.75, 3.05) is 52.6 Å². The number of carbonyl (C=O) groups is 1. The number of halogens is 2. The van der Waals surface area contributed by atoms with Crippen LogP contribution in [-0.2, 0) is 11.2 Å². The maximum absolute atomic E-state index is 14.1. The zero-order chi connectivity index (χ0) is 29.2. The lowest BCUT2D eigenvalue weighted by atomic mass is 9.94. The van der Waals surface area contributed by atoms with Crippen molar-refractivity contribution in [3.8, 4) is 0 Å². The molecule has 220 valence electrons. The van der Waals surface area contributed by atoms with Crippen LogP contribution in [0.15, 0.2) is 34.6 Å². The number of nitrogens with two attached hydrogens (primary N) is 2. The number of allylic oxidation sites excluding steroid dienone is 1. The highest BCUT2D eigenvalue weighted by Crippen LogP contribution is 2.34. The van der Waals surface area contributed by atoms with Gasteiger partial charge in [0.1, 0.15) is 6.79 Å². The second-order valence-corrected chi connectivity index (χ2v) is 9.38. The van der Waals surface area contributed by atoms with Crippen molar-refractivity contribution in [3.05, 3.63) is 46.3 Å². The minimum atomic E-state index is -2.66. The second kappa shape index (κ2) is 19.2. The average molecular weight is 551 g/mol. The standard InChI is InChI=1S/C25H39F2N7.C2H7N.CH2O/c1-3-4-16-11-19(17(13-28)14-30-2)20(24(26)27)12-23(16)34-25(29)21-15-32-10-7-22(21)33-18-5-8-31-9-6-18;1-3-2;1-2/h11-14,18,24-25,31-34H,3-10,15,28-29H2,1-2H3;3H,1-2H3;1H2/b17-13+,30-14?;;. The van der Waals surface area contributed by atoms with E-state index in [4.69, 9.17) is 16.3 Å². The predicted octanol–water partition coefficient (Wildman–Crippen LogP) is 2.51. The van der Waals surface area contributed by atoms with E-state index in [9.17, 15) is 8.78 Å². The van der Waals surface area contributed by atoms with Gasteiger partial charge < -0.3 is 42.8 Å². The molecular formula is C28H48F2N8O. The molecule has 0 radical (unpaired) electrons. The highest BCUT2D eigenvalue weighted by molar-refractivity contribution is 6.10. The molecule has 0 aliphatic carbocycles. The number of hydrogen-bond donors (Lipinski definition) is 7. The number of aliphatic imine (C=N–C) groups is 1. The smallest absolute Gasteiger partial charge is 0.264 e. The van der Waals surface area contributed by atoms with Crippen LogP contribution in [0.2, 0.25) is 0 Å². The monoisotopic (exact) mass is 550 g/mol. The molecule has 0 amide bonds. The van der Waals surface area contributed by atoms with Crippen molar-refractivity contribution >= 4 is 24.3 Å². The summed E-state index contributed by atoms with van der Waals surface area (Å²) >= 11 is 0. The number of alkyl halides is 2. The summed E-state index contributed by atoms with van der Waals surface area (Å²) in [6, 6.07) is 3.75. The largest absolute Gasteiger partial charge is 0.404 e. The molecule has 1 aromatic carbocycles. The molecule has 0 saturated carbocycles. The molecule has 2 heterocycles. The number of piperidine rings is 1. The van der Waals surface area contributed by atoms with Gasteiger partial charge in [-0.2, -0.15) is 0 Å². The Morgan fingerprint density at radius 3 is 2.44 bits per heavy atom. The Labute approximate surface area is 232 Å². The number of carbonyl (C=O) groups excluding carboxylic acids is 1. The van der Waals surface area contributed by atoms with Crippen LogP contribution in [0.4, 0.5) is 14.5 Å². The van der Waals surface area contributed by atoms with E-state index >= 15 is 0 Å². The molecule has 3 rings (SSSR count). The van der Waals surface area contributed by atoms with E-state index in [-0.39, 0.29) is 5.56 Å². The lowest BCUT2D eigenvalue weighted by Crippen LogP contribution is -2.46. The van der Waals surface area contributed by atoms with Crippen LogP contribution in [0.25, 0.3) is 5.57 Å². The number of aryl methyl sites for hydroxylation is 1. The van der Waals surface area contributed by atoms with E-state index in [1.165, 1.54) is 24.2 Å². The van der Waals surface area contributed by atoms with Gasteiger partial charge in [-0.1, -0.05) is 13.3 Å². The summed E-state index contributed by atoms with van der Waals surface area (Å²) in [4.78, 5) is 12.0. The summed E-state index contributed by atoms with van der Waals surface area (Å²) in [7, 11) is 5.34. The third kappa shape index (κ3) is 10.7. The lowest BCUT2D eigenvalue weighted by molar-refractivity contribution is -0.0980. The van der Waals surface area contributed by atoms with Crippen molar-refractivity contribution in [1.29, 1.82) is 0 Å². The van der Waals surface area contributed by atoms with Gasteiger partial charge in [0.15, 0.2) is 0 Å². The normalized spacial score (nSPS) is 17.3. The Bertz CT molecular complexity index is 946. The molecular weight excluding hydrogens is 502 g/mol. The fourth-order valence-electron chi connectivity index (χ4n) is 4.68. The zero-order valence-corrected chi connectivity index (χ0v) is 23.9. The summed E-state index contributed by atoms with van der Waals surface area (Å²) in [6.07, 6.45) is 4.29. The number of nitrogens with zero attached hydrogens (tertiary/aromatic N) is 1. The summed E-state index contributed by atoms with van der Waals surface area (Å²) in [5, 5.41) is 16.6. The first-order chi connectivity index (χ1) is 18.9. The van der Waals surface area contributed by atoms with Gasteiger partial charge in [0.05, 0.1) is 6.17 Å². The van der Waals surface area contributed by atoms with Crippen LogP contribution in [-0.4, -0.2) is 72.5 Å². The fourth-order valence-corrected chi connectivity index (χ4v) is 4.68. The Hall–Kier alpha value is -2.86. The van der Waals surface area contributed by atoms with Gasteiger partial charge >= 0.3 is 0 Å². The zero-order valence-electron chi connectivity index (χ0n) is 23.9. The van der Waals surface area contributed by atoms with E-state index in [2.05, 4.69) is 38.5 Å². The van der Waals surface area contributed by atoms with Gasteiger partial charge in [-0.25, -0.2) is 8.78 Å². The van der Waals surface area contributed by atoms with Crippen molar-refractivity contribution < 1.29 is 13.6 Å². The Kier molecular flexibility index (Phi) is 16.9. The summed E-state index contributed by atoms with van der Waals surface area (Å²) < 4.78 is 28.1. The third-order valence-electron chi connectivity index (χ3n) is 6.45. The summed E-state index contributed by atoms with van der Waals surface area (Å²) in [5.41, 5.74) is 16.9. The SMILES string of the molecule is C=O.CCCc1cc(/C(C=NC)=C/N)c(C(F)F)cc1NC(N)C1=C(NC2CCNCC2)CCNC1.CNC. The molecule has 1 saturated heterocycles. The molecule has 2 aliphatic heterocycles. The van der Waals surface area contributed by atoms with Crippen molar-refractivity contribution in [2.24, 2.45) is 16.5 Å². The minimum Gasteiger partial charge on any atom is -0.404 e. The average Bonchev–Trinajstić information content (AvgIpc) is 2.95. The summed E-state index contributed by atoms with van der Waals surface area (Å²) in [5.74, 6) is 0. The Morgan fingerprint density at radius 1 is 1.21 bits per heavy atom. The van der Waals surface area contributed by atoms with Crippen molar-refractivity contribution in [3.63, 3.8) is 0 Å². The van der Waals surface area contributed by atoms with Crippen LogP contribution in [0.1, 0.15) is 55.7 Å². The number of rotatable bonds is 10. The molecule has 11 heteroatoms. The van der Waals surface area contributed by atoms with Gasteiger partial charge in [-0.05, 0) is 81.7 Å². The topological polar surface area (TPSA) is 142 Å². The fraction of sp³-hybridized carbons (Fsp3) is 0.571. The first-order valence-electron chi connectivity index (χ1n) is 13.5. The lowest BCUT2D eigenvalue weighted by Gasteiger charge is -2.32. The van der Waals surface area contributed by atoms with Gasteiger partial charge in [0.2, 0.25) is 0 Å². The number of nitrogens with one attached hydrogen (secondary N) is 5. The van der Waals surface area contributed by atoms with E-state index in [0.29, 0.717) is 29.4 Å². The highest BCUT2D eigenvalue weighted by Gasteiger charge is 2.24. The quantitative estimate of drug-likeness (QED) is 0.174. The molecule has 0 bridgehead atoms. The van der Waals surface area contributed by atoms with E-state index < -0.39 is 12.6 Å². The van der Waals surface area contributed by atoms with Crippen LogP contribution >= 0.6 is 0 Å². The number of anilines is 1. The first kappa shape index (κ1) is 34.2. The van der Waals surface area contributed by atoms with E-state index in [1.54, 1.807) is 13.1 Å². The molecule has 1 fully saturated rings. The van der Waals surface area contributed by atoms with E-state index in [0.717, 1.165) is 62.9 Å². The molecule has 0 aromatic heterocycles. The van der Waals surface area contributed by atoms with E-state index in [1.807, 2.05) is 20.9 Å². The van der Waals surface area contributed by atoms with Gasteiger partial charge in [0.25, 0.3) is 6.43 Å². The van der Waals surface area contributed by atoms with Crippen LogP contribution in [0.3, 0.4) is 0 Å². The molecule has 1 unspecified atom stereocenters. The number of benzene rings is 1. The molecule has 2 aliphatic rings. The third-order valence-corrected chi connectivity index (χ3v) is 6.45.